The molecule has 2 N–H and O–H groups in total. The van der Waals surface area contributed by atoms with E-state index in [1.807, 2.05) is 50.2 Å². The van der Waals surface area contributed by atoms with Crippen LogP contribution in [0.3, 0.4) is 0 Å². The van der Waals surface area contributed by atoms with Gasteiger partial charge in [-0.2, -0.15) is 0 Å². The van der Waals surface area contributed by atoms with Crippen LogP contribution in [0.1, 0.15) is 30.9 Å². The minimum atomic E-state index is -0.342. The fourth-order valence-electron chi connectivity index (χ4n) is 2.23. The lowest BCUT2D eigenvalue weighted by Gasteiger charge is -2.17. The SMILES string of the molecule is CC(C)Oc1ccc(C(CN)c2ccccc2)cc1F. The van der Waals surface area contributed by atoms with Crippen molar-refractivity contribution >= 4 is 0 Å². The highest BCUT2D eigenvalue weighted by molar-refractivity contribution is 5.37. The van der Waals surface area contributed by atoms with Gasteiger partial charge in [-0.15, -0.1) is 0 Å². The minimum absolute atomic E-state index is 0.00111. The summed E-state index contributed by atoms with van der Waals surface area (Å²) in [6, 6.07) is 15.0. The zero-order valence-corrected chi connectivity index (χ0v) is 11.8. The Hall–Kier alpha value is -1.87. The van der Waals surface area contributed by atoms with Crippen molar-refractivity contribution in [1.29, 1.82) is 0 Å². The van der Waals surface area contributed by atoms with Crippen LogP contribution < -0.4 is 10.5 Å². The number of hydrogen-bond acceptors (Lipinski definition) is 2. The molecular weight excluding hydrogens is 253 g/mol. The topological polar surface area (TPSA) is 35.2 Å². The minimum Gasteiger partial charge on any atom is -0.488 e. The number of rotatable bonds is 5. The summed E-state index contributed by atoms with van der Waals surface area (Å²) in [5.74, 6) is -0.0584. The summed E-state index contributed by atoms with van der Waals surface area (Å²) < 4.78 is 19.5. The predicted octanol–water partition coefficient (Wildman–Crippen LogP) is 3.70. The quantitative estimate of drug-likeness (QED) is 0.901. The van der Waals surface area contributed by atoms with Crippen LogP contribution in [-0.2, 0) is 0 Å². The van der Waals surface area contributed by atoms with Gasteiger partial charge in [-0.1, -0.05) is 36.4 Å². The molecule has 0 spiro atoms. The van der Waals surface area contributed by atoms with E-state index in [0.717, 1.165) is 11.1 Å². The summed E-state index contributed by atoms with van der Waals surface area (Å²) in [4.78, 5) is 0. The van der Waals surface area contributed by atoms with E-state index in [0.29, 0.717) is 6.54 Å². The highest BCUT2D eigenvalue weighted by atomic mass is 19.1. The van der Waals surface area contributed by atoms with Crippen molar-refractivity contribution in [1.82, 2.24) is 0 Å². The molecule has 106 valence electrons. The van der Waals surface area contributed by atoms with Crippen molar-refractivity contribution < 1.29 is 9.13 Å². The van der Waals surface area contributed by atoms with E-state index in [4.69, 9.17) is 10.5 Å². The van der Waals surface area contributed by atoms with Gasteiger partial charge in [0.2, 0.25) is 0 Å². The number of ether oxygens (including phenoxy) is 1. The Morgan fingerprint density at radius 2 is 1.75 bits per heavy atom. The zero-order valence-electron chi connectivity index (χ0n) is 11.8. The Balaban J connectivity index is 2.30. The maximum atomic E-state index is 14.1. The molecule has 1 unspecified atom stereocenters. The maximum absolute atomic E-state index is 14.1. The summed E-state index contributed by atoms with van der Waals surface area (Å²) in [6.45, 7) is 4.19. The van der Waals surface area contributed by atoms with E-state index in [1.54, 1.807) is 6.07 Å². The molecule has 20 heavy (non-hydrogen) atoms. The van der Waals surface area contributed by atoms with Crippen LogP contribution in [0.4, 0.5) is 4.39 Å². The normalized spacial score (nSPS) is 12.4. The van der Waals surface area contributed by atoms with Crippen LogP contribution >= 0.6 is 0 Å². The molecule has 0 heterocycles. The van der Waals surface area contributed by atoms with Gasteiger partial charge in [0, 0.05) is 12.5 Å². The predicted molar refractivity (Wildman–Crippen MR) is 79.5 cm³/mol. The van der Waals surface area contributed by atoms with Gasteiger partial charge in [0.05, 0.1) is 6.10 Å². The molecule has 0 saturated carbocycles. The molecule has 0 aliphatic heterocycles. The van der Waals surface area contributed by atoms with Crippen LogP contribution in [-0.4, -0.2) is 12.6 Å². The lowest BCUT2D eigenvalue weighted by molar-refractivity contribution is 0.231. The van der Waals surface area contributed by atoms with Gasteiger partial charge in [0.15, 0.2) is 11.6 Å². The standard InChI is InChI=1S/C17H20FNO/c1-12(2)20-17-9-8-14(10-16(17)18)15(11-19)13-6-4-3-5-7-13/h3-10,12,15H,11,19H2,1-2H3. The number of nitrogens with two attached hydrogens (primary N) is 1. The van der Waals surface area contributed by atoms with E-state index in [9.17, 15) is 4.39 Å². The van der Waals surface area contributed by atoms with Crippen LogP contribution in [0.25, 0.3) is 0 Å². The zero-order chi connectivity index (χ0) is 14.5. The summed E-state index contributed by atoms with van der Waals surface area (Å²) in [6.07, 6.45) is -0.0465. The first-order valence-electron chi connectivity index (χ1n) is 6.83. The number of hydrogen-bond donors (Lipinski definition) is 1. The van der Waals surface area contributed by atoms with E-state index in [2.05, 4.69) is 0 Å². The van der Waals surface area contributed by atoms with Crippen molar-refractivity contribution in [3.05, 3.63) is 65.5 Å². The van der Waals surface area contributed by atoms with Crippen LogP contribution in [0.15, 0.2) is 48.5 Å². The van der Waals surface area contributed by atoms with Crippen LogP contribution in [0.2, 0.25) is 0 Å². The Morgan fingerprint density at radius 3 is 2.30 bits per heavy atom. The molecule has 0 bridgehead atoms. The Labute approximate surface area is 119 Å². The number of halogens is 1. The second-order valence-corrected chi connectivity index (χ2v) is 5.06. The smallest absolute Gasteiger partial charge is 0.165 e. The van der Waals surface area contributed by atoms with Gasteiger partial charge < -0.3 is 10.5 Å². The van der Waals surface area contributed by atoms with Crippen molar-refractivity contribution in [3.63, 3.8) is 0 Å². The van der Waals surface area contributed by atoms with Gasteiger partial charge in [0.25, 0.3) is 0 Å². The van der Waals surface area contributed by atoms with Crippen molar-refractivity contribution in [2.75, 3.05) is 6.54 Å². The largest absolute Gasteiger partial charge is 0.488 e. The molecule has 0 aromatic heterocycles. The molecule has 0 saturated heterocycles. The third-order valence-electron chi connectivity index (χ3n) is 3.16. The fraction of sp³-hybridized carbons (Fsp3) is 0.294. The third kappa shape index (κ3) is 3.36. The van der Waals surface area contributed by atoms with Gasteiger partial charge in [0.1, 0.15) is 0 Å². The van der Waals surface area contributed by atoms with Crippen LogP contribution in [0.5, 0.6) is 5.75 Å². The molecule has 2 rings (SSSR count). The lowest BCUT2D eigenvalue weighted by atomic mass is 9.91. The molecular formula is C17H20FNO. The summed E-state index contributed by atoms with van der Waals surface area (Å²) >= 11 is 0. The Kier molecular flexibility index (Phi) is 4.74. The molecule has 3 heteroatoms. The monoisotopic (exact) mass is 273 g/mol. The molecule has 1 atom stereocenters. The molecule has 0 amide bonds. The first-order valence-corrected chi connectivity index (χ1v) is 6.83. The fourth-order valence-corrected chi connectivity index (χ4v) is 2.23. The van der Waals surface area contributed by atoms with Crippen molar-refractivity contribution in [2.45, 2.75) is 25.9 Å². The lowest BCUT2D eigenvalue weighted by Crippen LogP contribution is -2.14. The molecule has 0 fully saturated rings. The van der Waals surface area contributed by atoms with E-state index in [-0.39, 0.29) is 23.6 Å². The average molecular weight is 273 g/mol. The molecule has 0 aliphatic rings. The highest BCUT2D eigenvalue weighted by Gasteiger charge is 2.15. The van der Waals surface area contributed by atoms with Gasteiger partial charge in [-0.05, 0) is 37.1 Å². The number of benzene rings is 2. The Bertz CT molecular complexity index is 554. The maximum Gasteiger partial charge on any atom is 0.165 e. The highest BCUT2D eigenvalue weighted by Crippen LogP contribution is 2.28. The average Bonchev–Trinajstić information content (AvgIpc) is 2.43. The summed E-state index contributed by atoms with van der Waals surface area (Å²) in [5.41, 5.74) is 7.81. The van der Waals surface area contributed by atoms with E-state index < -0.39 is 0 Å². The molecule has 0 aliphatic carbocycles. The first-order chi connectivity index (χ1) is 9.61. The van der Waals surface area contributed by atoms with E-state index in [1.165, 1.54) is 6.07 Å². The van der Waals surface area contributed by atoms with Gasteiger partial charge in [-0.25, -0.2) is 4.39 Å². The first kappa shape index (κ1) is 14.5. The summed E-state index contributed by atoms with van der Waals surface area (Å²) in [5, 5.41) is 0. The second kappa shape index (κ2) is 6.53. The van der Waals surface area contributed by atoms with E-state index >= 15 is 0 Å². The van der Waals surface area contributed by atoms with Crippen LogP contribution in [0, 0.1) is 5.82 Å². The molecule has 2 aromatic rings. The molecule has 0 radical (unpaired) electrons. The molecule has 2 aromatic carbocycles. The van der Waals surface area contributed by atoms with Crippen molar-refractivity contribution in [2.24, 2.45) is 5.73 Å². The summed E-state index contributed by atoms with van der Waals surface area (Å²) in [7, 11) is 0. The van der Waals surface area contributed by atoms with Gasteiger partial charge >= 0.3 is 0 Å². The van der Waals surface area contributed by atoms with Gasteiger partial charge in [-0.3, -0.25) is 0 Å². The third-order valence-corrected chi connectivity index (χ3v) is 3.16. The Morgan fingerprint density at radius 1 is 1.05 bits per heavy atom. The molecule has 2 nitrogen and oxygen atoms in total. The van der Waals surface area contributed by atoms with Crippen molar-refractivity contribution in [3.8, 4) is 5.75 Å². The second-order valence-electron chi connectivity index (χ2n) is 5.06.